The fourth-order valence-electron chi connectivity index (χ4n) is 1.74. The smallest absolute Gasteiger partial charge is 0.236 e. The maximum atomic E-state index is 11.0. The Bertz CT molecular complexity index is 587. The maximum absolute atomic E-state index is 11.0. The molecule has 1 aliphatic rings. The summed E-state index contributed by atoms with van der Waals surface area (Å²) >= 11 is 1.34. The van der Waals surface area contributed by atoms with Gasteiger partial charge in [0.15, 0.2) is 16.7 Å². The van der Waals surface area contributed by atoms with Crippen LogP contribution in [0.5, 0.6) is 11.5 Å². The predicted molar refractivity (Wildman–Crippen MR) is 89.0 cm³/mol. The number of benzene rings is 1. The molecule has 22 heavy (non-hydrogen) atoms. The Hall–Kier alpha value is -2.02. The van der Waals surface area contributed by atoms with Crippen molar-refractivity contribution in [1.29, 1.82) is 0 Å². The van der Waals surface area contributed by atoms with Gasteiger partial charge in [-0.2, -0.15) is 5.10 Å². The number of nitrogens with zero attached hydrogens (tertiary/aromatic N) is 2. The first kappa shape index (κ1) is 16.4. The van der Waals surface area contributed by atoms with Crippen molar-refractivity contribution in [1.82, 2.24) is 5.32 Å². The number of amidine groups is 1. The number of rotatable bonds is 7. The number of hydrogen-bond donors (Lipinski definition) is 1. The van der Waals surface area contributed by atoms with E-state index in [1.807, 2.05) is 18.2 Å². The molecule has 1 amide bonds. The molecule has 0 aliphatic carbocycles. The number of hydrogen-bond acceptors (Lipinski definition) is 6. The van der Waals surface area contributed by atoms with Crippen LogP contribution in [0, 0.1) is 0 Å². The molecule has 2 rings (SSSR count). The van der Waals surface area contributed by atoms with Gasteiger partial charge in [0, 0.05) is 0 Å². The lowest BCUT2D eigenvalue weighted by Gasteiger charge is -2.10. The predicted octanol–water partition coefficient (Wildman–Crippen LogP) is 2.43. The molecule has 1 fully saturated rings. The first-order valence-corrected chi connectivity index (χ1v) is 8.06. The number of unbranched alkanes of at least 4 members (excludes halogenated alkanes) is 1. The third-order valence-corrected chi connectivity index (χ3v) is 3.75. The second-order valence-electron chi connectivity index (χ2n) is 4.60. The van der Waals surface area contributed by atoms with Gasteiger partial charge in [-0.3, -0.25) is 4.79 Å². The third-order valence-electron chi connectivity index (χ3n) is 2.88. The summed E-state index contributed by atoms with van der Waals surface area (Å²) in [6, 6.07) is 5.57. The Kier molecular flexibility index (Phi) is 6.27. The lowest BCUT2D eigenvalue weighted by Crippen LogP contribution is -2.19. The lowest BCUT2D eigenvalue weighted by atomic mass is 10.2. The fourth-order valence-corrected chi connectivity index (χ4v) is 2.37. The molecule has 0 atom stereocenters. The highest BCUT2D eigenvalue weighted by atomic mass is 32.2. The van der Waals surface area contributed by atoms with Gasteiger partial charge in [0.1, 0.15) is 0 Å². The summed E-state index contributed by atoms with van der Waals surface area (Å²) < 4.78 is 11.0. The first-order chi connectivity index (χ1) is 10.7. The molecule has 1 aromatic carbocycles. The monoisotopic (exact) mass is 321 g/mol. The molecular weight excluding hydrogens is 302 g/mol. The summed E-state index contributed by atoms with van der Waals surface area (Å²) in [5.41, 5.74) is 0.853. The molecule has 0 bridgehead atoms. The van der Waals surface area contributed by atoms with Gasteiger partial charge in [-0.25, -0.2) is 0 Å². The second-order valence-corrected chi connectivity index (χ2v) is 5.56. The standard InChI is InChI=1S/C15H19N3O3S/c1-3-4-7-21-13-8-11(5-6-12(13)20-2)9-16-18-15-17-14(19)10-22-15/h5-6,8-9H,3-4,7,10H2,1-2H3,(H,17,18,19). The van der Waals surface area contributed by atoms with Crippen LogP contribution in [0.2, 0.25) is 0 Å². The van der Waals surface area contributed by atoms with Crippen molar-refractivity contribution < 1.29 is 14.3 Å². The van der Waals surface area contributed by atoms with E-state index in [2.05, 4.69) is 22.4 Å². The Morgan fingerprint density at radius 3 is 2.95 bits per heavy atom. The Morgan fingerprint density at radius 2 is 2.27 bits per heavy atom. The number of amides is 1. The topological polar surface area (TPSA) is 72.3 Å². The van der Waals surface area contributed by atoms with Gasteiger partial charge in [0.25, 0.3) is 0 Å². The molecular formula is C15H19N3O3S. The van der Waals surface area contributed by atoms with E-state index in [-0.39, 0.29) is 5.91 Å². The fraction of sp³-hybridized carbons (Fsp3) is 0.400. The molecule has 1 aliphatic heterocycles. The van der Waals surface area contributed by atoms with Crippen molar-refractivity contribution in [2.75, 3.05) is 19.5 Å². The summed E-state index contributed by atoms with van der Waals surface area (Å²) in [4.78, 5) is 11.0. The number of thioether (sulfide) groups is 1. The SMILES string of the molecule is CCCCOc1cc(C=NN=C2NC(=O)CS2)ccc1OC. The van der Waals surface area contributed by atoms with Crippen LogP contribution in [0.4, 0.5) is 0 Å². The molecule has 1 saturated heterocycles. The van der Waals surface area contributed by atoms with Gasteiger partial charge in [-0.15, -0.1) is 5.10 Å². The van der Waals surface area contributed by atoms with Crippen molar-refractivity contribution in [2.24, 2.45) is 10.2 Å². The second kappa shape index (κ2) is 8.43. The molecule has 0 radical (unpaired) electrons. The summed E-state index contributed by atoms with van der Waals surface area (Å²) in [6.07, 6.45) is 3.68. The Morgan fingerprint density at radius 1 is 1.41 bits per heavy atom. The van der Waals surface area contributed by atoms with E-state index in [1.165, 1.54) is 11.8 Å². The van der Waals surface area contributed by atoms with Crippen LogP contribution in [-0.2, 0) is 4.79 Å². The lowest BCUT2D eigenvalue weighted by molar-refractivity contribution is -0.116. The van der Waals surface area contributed by atoms with Crippen molar-refractivity contribution in [2.45, 2.75) is 19.8 Å². The molecule has 0 saturated carbocycles. The van der Waals surface area contributed by atoms with E-state index < -0.39 is 0 Å². The number of carbonyl (C=O) groups excluding carboxylic acids is 1. The van der Waals surface area contributed by atoms with E-state index in [1.54, 1.807) is 13.3 Å². The van der Waals surface area contributed by atoms with Crippen LogP contribution in [-0.4, -0.2) is 36.8 Å². The summed E-state index contributed by atoms with van der Waals surface area (Å²) in [5.74, 6) is 1.73. The molecule has 1 aromatic rings. The van der Waals surface area contributed by atoms with Gasteiger partial charge in [0.2, 0.25) is 5.91 Å². The van der Waals surface area contributed by atoms with Crippen LogP contribution >= 0.6 is 11.8 Å². The number of ether oxygens (including phenoxy) is 2. The van der Waals surface area contributed by atoms with Crippen molar-refractivity contribution in [3.8, 4) is 11.5 Å². The normalized spacial score (nSPS) is 16.3. The minimum absolute atomic E-state index is 0.0463. The van der Waals surface area contributed by atoms with Gasteiger partial charge < -0.3 is 14.8 Å². The zero-order chi connectivity index (χ0) is 15.8. The average molecular weight is 321 g/mol. The summed E-state index contributed by atoms with van der Waals surface area (Å²) in [6.45, 7) is 2.76. The first-order valence-electron chi connectivity index (χ1n) is 7.07. The van der Waals surface area contributed by atoms with E-state index in [9.17, 15) is 4.79 Å². The van der Waals surface area contributed by atoms with Crippen LogP contribution in [0.15, 0.2) is 28.4 Å². The highest BCUT2D eigenvalue weighted by molar-refractivity contribution is 8.15. The Labute approximate surface area is 134 Å². The van der Waals surface area contributed by atoms with Gasteiger partial charge in [0.05, 0.1) is 25.7 Å². The molecule has 7 heteroatoms. The van der Waals surface area contributed by atoms with E-state index in [0.29, 0.717) is 29.0 Å². The summed E-state index contributed by atoms with van der Waals surface area (Å²) in [5, 5.41) is 11.1. The zero-order valence-electron chi connectivity index (χ0n) is 12.7. The highest BCUT2D eigenvalue weighted by Crippen LogP contribution is 2.27. The van der Waals surface area contributed by atoms with Gasteiger partial charge in [-0.05, 0) is 30.2 Å². The Balaban J connectivity index is 2.04. The number of nitrogens with one attached hydrogen (secondary N) is 1. The largest absolute Gasteiger partial charge is 0.493 e. The maximum Gasteiger partial charge on any atom is 0.236 e. The van der Waals surface area contributed by atoms with Crippen LogP contribution in [0.25, 0.3) is 0 Å². The van der Waals surface area contributed by atoms with E-state index in [4.69, 9.17) is 9.47 Å². The third kappa shape index (κ3) is 4.77. The molecule has 0 unspecified atom stereocenters. The number of methoxy groups -OCH3 is 1. The van der Waals surface area contributed by atoms with Crippen LogP contribution in [0.3, 0.4) is 0 Å². The minimum Gasteiger partial charge on any atom is -0.493 e. The van der Waals surface area contributed by atoms with E-state index >= 15 is 0 Å². The number of carbonyl (C=O) groups is 1. The summed E-state index contributed by atoms with van der Waals surface area (Å²) in [7, 11) is 1.61. The van der Waals surface area contributed by atoms with Crippen molar-refractivity contribution >= 4 is 29.1 Å². The van der Waals surface area contributed by atoms with Crippen molar-refractivity contribution in [3.05, 3.63) is 23.8 Å². The minimum atomic E-state index is -0.0463. The van der Waals surface area contributed by atoms with Crippen molar-refractivity contribution in [3.63, 3.8) is 0 Å². The highest BCUT2D eigenvalue weighted by Gasteiger charge is 2.15. The molecule has 0 aromatic heterocycles. The quantitative estimate of drug-likeness (QED) is 0.475. The molecule has 1 heterocycles. The van der Waals surface area contributed by atoms with Gasteiger partial charge >= 0.3 is 0 Å². The van der Waals surface area contributed by atoms with Crippen LogP contribution in [0.1, 0.15) is 25.3 Å². The zero-order valence-corrected chi connectivity index (χ0v) is 13.5. The molecule has 6 nitrogen and oxygen atoms in total. The molecule has 1 N–H and O–H groups in total. The average Bonchev–Trinajstić information content (AvgIpc) is 2.93. The molecule has 0 spiro atoms. The van der Waals surface area contributed by atoms with Gasteiger partial charge in [-0.1, -0.05) is 25.1 Å². The molecule has 118 valence electrons. The van der Waals surface area contributed by atoms with Crippen LogP contribution < -0.4 is 14.8 Å². The van der Waals surface area contributed by atoms with E-state index in [0.717, 1.165) is 18.4 Å².